The molecule has 0 aliphatic carbocycles. The smallest absolute Gasteiger partial charge is 0.234 e. The van der Waals surface area contributed by atoms with E-state index in [-0.39, 0.29) is 23.5 Å². The van der Waals surface area contributed by atoms with Gasteiger partial charge in [-0.25, -0.2) is 0 Å². The molecule has 1 aromatic heterocycles. The van der Waals surface area contributed by atoms with E-state index in [0.717, 1.165) is 36.8 Å². The number of aromatic nitrogens is 3. The van der Waals surface area contributed by atoms with E-state index in [1.54, 1.807) is 24.3 Å². The minimum absolute atomic E-state index is 0.0293. The van der Waals surface area contributed by atoms with E-state index in [1.165, 1.54) is 18.7 Å². The quantitative estimate of drug-likeness (QED) is 0.439. The van der Waals surface area contributed by atoms with Crippen LogP contribution >= 0.6 is 11.8 Å². The second-order valence-electron chi connectivity index (χ2n) is 7.21. The standard InChI is InChI=1S/C21H31N5O2S/c1-6-8-12-26-20(18(7-2)25(4)5)23-24-21(26)29-14-19(28)22-17-11-9-10-16(13-17)15(3)27/h9-11,13,18H,6-8,12,14H2,1-5H3,(H,22,28)/t18-/m0/s1. The van der Waals surface area contributed by atoms with Gasteiger partial charge in [-0.3, -0.25) is 14.5 Å². The van der Waals surface area contributed by atoms with Crippen molar-refractivity contribution in [2.24, 2.45) is 0 Å². The van der Waals surface area contributed by atoms with Crippen molar-refractivity contribution in [3.63, 3.8) is 0 Å². The number of anilines is 1. The fraction of sp³-hybridized carbons (Fsp3) is 0.524. The van der Waals surface area contributed by atoms with Crippen LogP contribution < -0.4 is 5.32 Å². The lowest BCUT2D eigenvalue weighted by atomic mass is 10.1. The van der Waals surface area contributed by atoms with Gasteiger partial charge < -0.3 is 9.88 Å². The Kier molecular flexibility index (Phi) is 8.85. The van der Waals surface area contributed by atoms with Crippen molar-refractivity contribution in [1.82, 2.24) is 19.7 Å². The van der Waals surface area contributed by atoms with Crippen molar-refractivity contribution in [3.05, 3.63) is 35.7 Å². The lowest BCUT2D eigenvalue weighted by Crippen LogP contribution is -2.23. The summed E-state index contributed by atoms with van der Waals surface area (Å²) in [7, 11) is 4.09. The number of carbonyl (C=O) groups is 2. The average molecular weight is 418 g/mol. The van der Waals surface area contributed by atoms with E-state index in [9.17, 15) is 9.59 Å². The molecule has 1 heterocycles. The lowest BCUT2D eigenvalue weighted by molar-refractivity contribution is -0.113. The van der Waals surface area contributed by atoms with Crippen LogP contribution in [-0.2, 0) is 11.3 Å². The maximum atomic E-state index is 12.4. The van der Waals surface area contributed by atoms with Crippen molar-refractivity contribution in [3.8, 4) is 0 Å². The Morgan fingerprint density at radius 2 is 2.00 bits per heavy atom. The first-order chi connectivity index (χ1) is 13.9. The van der Waals surface area contributed by atoms with Gasteiger partial charge >= 0.3 is 0 Å². The highest BCUT2D eigenvalue weighted by Gasteiger charge is 2.22. The van der Waals surface area contributed by atoms with Gasteiger partial charge in [-0.05, 0) is 46.0 Å². The van der Waals surface area contributed by atoms with Gasteiger partial charge in [-0.15, -0.1) is 10.2 Å². The average Bonchev–Trinajstić information content (AvgIpc) is 3.07. The van der Waals surface area contributed by atoms with Gasteiger partial charge in [0.25, 0.3) is 0 Å². The van der Waals surface area contributed by atoms with E-state index in [2.05, 4.69) is 38.8 Å². The van der Waals surface area contributed by atoms with Crippen LogP contribution in [0.1, 0.15) is 62.3 Å². The molecule has 8 heteroatoms. The molecule has 158 valence electrons. The summed E-state index contributed by atoms with van der Waals surface area (Å²) >= 11 is 1.39. The largest absolute Gasteiger partial charge is 0.325 e. The molecule has 0 saturated heterocycles. The molecular weight excluding hydrogens is 386 g/mol. The predicted molar refractivity (Wildman–Crippen MR) is 117 cm³/mol. The van der Waals surface area contributed by atoms with Gasteiger partial charge in [0.05, 0.1) is 11.8 Å². The Morgan fingerprint density at radius 3 is 2.62 bits per heavy atom. The van der Waals surface area contributed by atoms with Crippen LogP contribution in [0, 0.1) is 0 Å². The van der Waals surface area contributed by atoms with E-state index in [4.69, 9.17) is 0 Å². The lowest BCUT2D eigenvalue weighted by Gasteiger charge is -2.23. The number of nitrogens with zero attached hydrogens (tertiary/aromatic N) is 4. The molecule has 1 N–H and O–H groups in total. The zero-order valence-electron chi connectivity index (χ0n) is 17.9. The first-order valence-corrected chi connectivity index (χ1v) is 11.0. The van der Waals surface area contributed by atoms with Gasteiger partial charge in [0.2, 0.25) is 5.91 Å². The molecular formula is C21H31N5O2S. The summed E-state index contributed by atoms with van der Waals surface area (Å²) in [6, 6.07) is 7.16. The summed E-state index contributed by atoms with van der Waals surface area (Å²) in [5.74, 6) is 1.01. The molecule has 0 radical (unpaired) electrons. The third kappa shape index (κ3) is 6.40. The number of nitrogens with one attached hydrogen (secondary N) is 1. The van der Waals surface area contributed by atoms with Gasteiger partial charge in [0, 0.05) is 17.8 Å². The van der Waals surface area contributed by atoms with E-state index in [0.29, 0.717) is 11.3 Å². The zero-order valence-corrected chi connectivity index (χ0v) is 18.8. The van der Waals surface area contributed by atoms with Crippen LogP contribution in [0.5, 0.6) is 0 Å². The van der Waals surface area contributed by atoms with Crippen LogP contribution in [0.15, 0.2) is 29.4 Å². The highest BCUT2D eigenvalue weighted by molar-refractivity contribution is 7.99. The van der Waals surface area contributed by atoms with Crippen molar-refractivity contribution >= 4 is 29.1 Å². The van der Waals surface area contributed by atoms with Gasteiger partial charge in [-0.1, -0.05) is 44.2 Å². The summed E-state index contributed by atoms with van der Waals surface area (Å²) in [6.07, 6.45) is 3.05. The second kappa shape index (κ2) is 11.1. The molecule has 0 aliphatic heterocycles. The highest BCUT2D eigenvalue weighted by Crippen LogP contribution is 2.26. The maximum Gasteiger partial charge on any atom is 0.234 e. The van der Waals surface area contributed by atoms with Gasteiger partial charge in [0.15, 0.2) is 16.8 Å². The number of amides is 1. The summed E-state index contributed by atoms with van der Waals surface area (Å²) in [6.45, 7) is 6.64. The Labute approximate surface area is 177 Å². The first-order valence-electron chi connectivity index (χ1n) is 10.0. The van der Waals surface area contributed by atoms with E-state index in [1.807, 2.05) is 14.1 Å². The highest BCUT2D eigenvalue weighted by atomic mass is 32.2. The summed E-state index contributed by atoms with van der Waals surface area (Å²) in [4.78, 5) is 26.1. The number of benzene rings is 1. The van der Waals surface area contributed by atoms with Crippen molar-refractivity contribution < 1.29 is 9.59 Å². The molecule has 7 nitrogen and oxygen atoms in total. The number of hydrogen-bond donors (Lipinski definition) is 1. The number of unbranched alkanes of at least 4 members (excludes halogenated alkanes) is 1. The van der Waals surface area contributed by atoms with Crippen LogP contribution in [0.3, 0.4) is 0 Å². The summed E-state index contributed by atoms with van der Waals surface area (Å²) < 4.78 is 2.14. The monoisotopic (exact) mass is 417 g/mol. The summed E-state index contributed by atoms with van der Waals surface area (Å²) in [5, 5.41) is 12.4. The van der Waals surface area contributed by atoms with E-state index >= 15 is 0 Å². The first kappa shape index (κ1) is 23.1. The molecule has 0 fully saturated rings. The normalized spacial score (nSPS) is 12.2. The third-order valence-corrected chi connectivity index (χ3v) is 5.64. The topological polar surface area (TPSA) is 80.1 Å². The number of Topliss-reactive ketones (excluding diaryl/α,β-unsaturated/α-hetero) is 1. The fourth-order valence-electron chi connectivity index (χ4n) is 3.10. The van der Waals surface area contributed by atoms with Crippen LogP contribution in [0.2, 0.25) is 0 Å². The van der Waals surface area contributed by atoms with E-state index < -0.39 is 0 Å². The molecule has 0 unspecified atom stereocenters. The molecule has 0 saturated carbocycles. The van der Waals surface area contributed by atoms with Crippen molar-refractivity contribution in [2.45, 2.75) is 57.8 Å². The Bertz CT molecular complexity index is 834. The van der Waals surface area contributed by atoms with Crippen LogP contribution in [0.25, 0.3) is 0 Å². The molecule has 1 amide bonds. The molecule has 2 aromatic rings. The molecule has 0 spiro atoms. The number of thioether (sulfide) groups is 1. The number of carbonyl (C=O) groups excluding carboxylic acids is 2. The van der Waals surface area contributed by atoms with Crippen LogP contribution in [-0.4, -0.2) is 51.2 Å². The maximum absolute atomic E-state index is 12.4. The van der Waals surface area contributed by atoms with Crippen LogP contribution in [0.4, 0.5) is 5.69 Å². The SMILES string of the molecule is CCCCn1c(SCC(=O)Nc2cccc(C(C)=O)c2)nnc1[C@H](CC)N(C)C. The van der Waals surface area contributed by atoms with Gasteiger partial charge in [-0.2, -0.15) is 0 Å². The Balaban J connectivity index is 2.09. The number of hydrogen-bond acceptors (Lipinski definition) is 6. The predicted octanol–water partition coefficient (Wildman–Crippen LogP) is 4.02. The number of rotatable bonds is 11. The molecule has 0 bridgehead atoms. The molecule has 0 aliphatic rings. The molecule has 1 atom stereocenters. The minimum atomic E-state index is -0.137. The molecule has 1 aromatic carbocycles. The van der Waals surface area contributed by atoms with Gasteiger partial charge in [0.1, 0.15) is 0 Å². The zero-order chi connectivity index (χ0) is 21.4. The Hall–Kier alpha value is -2.19. The van der Waals surface area contributed by atoms with Crippen molar-refractivity contribution in [1.29, 1.82) is 0 Å². The third-order valence-electron chi connectivity index (χ3n) is 4.67. The fourth-order valence-corrected chi connectivity index (χ4v) is 3.87. The second-order valence-corrected chi connectivity index (χ2v) is 8.15. The summed E-state index contributed by atoms with van der Waals surface area (Å²) in [5.41, 5.74) is 1.20. The molecule has 2 rings (SSSR count). The van der Waals surface area contributed by atoms with Crippen molar-refractivity contribution in [2.75, 3.05) is 25.2 Å². The number of ketones is 1. The minimum Gasteiger partial charge on any atom is -0.325 e. The Morgan fingerprint density at radius 1 is 1.24 bits per heavy atom. The molecule has 29 heavy (non-hydrogen) atoms.